The lowest BCUT2D eigenvalue weighted by Gasteiger charge is -2.12. The van der Waals surface area contributed by atoms with Crippen molar-refractivity contribution in [2.24, 2.45) is 0 Å². The van der Waals surface area contributed by atoms with E-state index in [4.69, 9.17) is 4.74 Å². The average Bonchev–Trinajstić information content (AvgIpc) is 1.99. The first-order chi connectivity index (χ1) is 6.80. The summed E-state index contributed by atoms with van der Waals surface area (Å²) < 4.78 is 54.5. The smallest absolute Gasteiger partial charge is 0.419 e. The van der Waals surface area contributed by atoms with Crippen molar-refractivity contribution < 1.29 is 22.3 Å². The third kappa shape index (κ3) is 3.11. The highest BCUT2D eigenvalue weighted by Gasteiger charge is 2.34. The van der Waals surface area contributed by atoms with Crippen molar-refractivity contribution >= 4 is 0 Å². The molecule has 0 spiro atoms. The van der Waals surface area contributed by atoms with Crippen LogP contribution in [0.4, 0.5) is 17.6 Å². The molecule has 0 aliphatic rings. The first-order valence-electron chi connectivity index (χ1n) is 4.34. The van der Waals surface area contributed by atoms with Crippen LogP contribution >= 0.6 is 0 Å². The maximum absolute atomic E-state index is 13.0. The molecular formula is C10H10F4O. The molecule has 0 saturated carbocycles. The van der Waals surface area contributed by atoms with Crippen LogP contribution in [0.2, 0.25) is 0 Å². The van der Waals surface area contributed by atoms with E-state index in [-0.39, 0.29) is 11.9 Å². The van der Waals surface area contributed by atoms with E-state index in [1.165, 1.54) is 0 Å². The molecule has 0 bridgehead atoms. The van der Waals surface area contributed by atoms with Crippen molar-refractivity contribution in [1.82, 2.24) is 0 Å². The van der Waals surface area contributed by atoms with E-state index in [2.05, 4.69) is 0 Å². The van der Waals surface area contributed by atoms with E-state index in [1.807, 2.05) is 0 Å². The predicted octanol–water partition coefficient (Wildman–Crippen LogP) is 3.63. The third-order valence-electron chi connectivity index (χ3n) is 1.62. The van der Waals surface area contributed by atoms with Gasteiger partial charge in [-0.15, -0.1) is 0 Å². The lowest BCUT2D eigenvalue weighted by atomic mass is 10.2. The summed E-state index contributed by atoms with van der Waals surface area (Å²) in [6.07, 6.45) is -4.87. The van der Waals surface area contributed by atoms with E-state index in [0.717, 1.165) is 12.1 Å². The first-order valence-corrected chi connectivity index (χ1v) is 4.34. The topological polar surface area (TPSA) is 9.23 Å². The second-order valence-electron chi connectivity index (χ2n) is 3.31. The fourth-order valence-electron chi connectivity index (χ4n) is 1.07. The van der Waals surface area contributed by atoms with E-state index in [9.17, 15) is 17.6 Å². The first kappa shape index (κ1) is 11.8. The normalized spacial score (nSPS) is 11.9. The second-order valence-corrected chi connectivity index (χ2v) is 3.31. The fourth-order valence-corrected chi connectivity index (χ4v) is 1.07. The number of rotatable bonds is 2. The molecule has 15 heavy (non-hydrogen) atoms. The Hall–Kier alpha value is -1.26. The van der Waals surface area contributed by atoms with Gasteiger partial charge in [0.2, 0.25) is 0 Å². The van der Waals surface area contributed by atoms with Crippen LogP contribution in [-0.4, -0.2) is 6.10 Å². The highest BCUT2D eigenvalue weighted by molar-refractivity contribution is 5.30. The van der Waals surface area contributed by atoms with E-state index in [0.29, 0.717) is 6.07 Å². The number of ether oxygens (including phenoxy) is 1. The van der Waals surface area contributed by atoms with Crippen molar-refractivity contribution in [2.45, 2.75) is 26.1 Å². The Balaban J connectivity index is 2.99. The van der Waals surface area contributed by atoms with Gasteiger partial charge in [0.05, 0.1) is 11.7 Å². The zero-order valence-electron chi connectivity index (χ0n) is 8.23. The van der Waals surface area contributed by atoms with E-state index >= 15 is 0 Å². The van der Waals surface area contributed by atoms with Crippen molar-refractivity contribution in [3.05, 3.63) is 29.6 Å². The number of hydrogen-bond acceptors (Lipinski definition) is 1. The molecule has 0 saturated heterocycles. The molecule has 1 aromatic rings. The maximum atomic E-state index is 13.0. The number of alkyl halides is 3. The monoisotopic (exact) mass is 222 g/mol. The summed E-state index contributed by atoms with van der Waals surface area (Å²) in [5.74, 6) is -1.23. The molecule has 84 valence electrons. The molecule has 5 heteroatoms. The molecule has 0 fully saturated rings. The summed E-state index contributed by atoms with van der Waals surface area (Å²) >= 11 is 0. The fraction of sp³-hybridized carbons (Fsp3) is 0.400. The van der Waals surface area contributed by atoms with Gasteiger partial charge in [0.1, 0.15) is 11.6 Å². The van der Waals surface area contributed by atoms with Crippen LogP contribution in [0, 0.1) is 5.82 Å². The molecule has 0 aliphatic carbocycles. The SMILES string of the molecule is CC(C)Oc1ccc(C(F)(F)F)c(F)c1. The summed E-state index contributed by atoms with van der Waals surface area (Å²) in [6.45, 7) is 3.41. The summed E-state index contributed by atoms with van der Waals surface area (Å²) in [7, 11) is 0. The Morgan fingerprint density at radius 3 is 2.20 bits per heavy atom. The summed E-state index contributed by atoms with van der Waals surface area (Å²) in [6, 6.07) is 2.52. The summed E-state index contributed by atoms with van der Waals surface area (Å²) in [4.78, 5) is 0. The van der Waals surface area contributed by atoms with Crippen molar-refractivity contribution in [3.8, 4) is 5.75 Å². The van der Waals surface area contributed by atoms with Crippen molar-refractivity contribution in [1.29, 1.82) is 0 Å². The van der Waals surface area contributed by atoms with Gasteiger partial charge in [0.25, 0.3) is 0 Å². The zero-order valence-corrected chi connectivity index (χ0v) is 8.23. The average molecular weight is 222 g/mol. The maximum Gasteiger partial charge on any atom is 0.419 e. The highest BCUT2D eigenvalue weighted by Crippen LogP contribution is 2.32. The van der Waals surface area contributed by atoms with Crippen LogP contribution in [-0.2, 0) is 6.18 Å². The highest BCUT2D eigenvalue weighted by atomic mass is 19.4. The number of benzene rings is 1. The van der Waals surface area contributed by atoms with Gasteiger partial charge in [-0.05, 0) is 26.0 Å². The Morgan fingerprint density at radius 1 is 1.20 bits per heavy atom. The molecule has 0 N–H and O–H groups in total. The Bertz CT molecular complexity index is 344. The largest absolute Gasteiger partial charge is 0.491 e. The molecule has 1 nitrogen and oxygen atoms in total. The molecule has 0 atom stereocenters. The van der Waals surface area contributed by atoms with Gasteiger partial charge in [-0.3, -0.25) is 0 Å². The van der Waals surface area contributed by atoms with Gasteiger partial charge in [0, 0.05) is 6.07 Å². The van der Waals surface area contributed by atoms with Gasteiger partial charge < -0.3 is 4.74 Å². The minimum atomic E-state index is -4.67. The number of hydrogen-bond donors (Lipinski definition) is 0. The quantitative estimate of drug-likeness (QED) is 0.694. The van der Waals surface area contributed by atoms with Crippen LogP contribution in [0.3, 0.4) is 0 Å². The molecular weight excluding hydrogens is 212 g/mol. The molecule has 1 aromatic carbocycles. The lowest BCUT2D eigenvalue weighted by molar-refractivity contribution is -0.140. The zero-order chi connectivity index (χ0) is 11.6. The van der Waals surface area contributed by atoms with Gasteiger partial charge in [0.15, 0.2) is 0 Å². The minimum absolute atomic E-state index is 0.0931. The summed E-state index contributed by atoms with van der Waals surface area (Å²) in [5, 5.41) is 0. The molecule has 0 aromatic heterocycles. The lowest BCUT2D eigenvalue weighted by Crippen LogP contribution is -2.10. The molecule has 1 rings (SSSR count). The van der Waals surface area contributed by atoms with Crippen LogP contribution in [0.5, 0.6) is 5.75 Å². The van der Waals surface area contributed by atoms with Crippen LogP contribution < -0.4 is 4.74 Å². The van der Waals surface area contributed by atoms with Crippen LogP contribution in [0.15, 0.2) is 18.2 Å². The molecule has 0 radical (unpaired) electrons. The second kappa shape index (κ2) is 4.08. The van der Waals surface area contributed by atoms with E-state index < -0.39 is 17.6 Å². The molecule has 0 unspecified atom stereocenters. The predicted molar refractivity (Wildman–Crippen MR) is 47.2 cm³/mol. The molecule has 0 amide bonds. The van der Waals surface area contributed by atoms with Gasteiger partial charge in [-0.1, -0.05) is 0 Å². The standard InChI is InChI=1S/C10H10F4O/c1-6(2)15-7-3-4-8(9(11)5-7)10(12,13)14/h3-6H,1-2H3. The third-order valence-corrected chi connectivity index (χ3v) is 1.62. The Morgan fingerprint density at radius 2 is 1.80 bits per heavy atom. The van der Waals surface area contributed by atoms with Crippen LogP contribution in [0.1, 0.15) is 19.4 Å². The van der Waals surface area contributed by atoms with Crippen LogP contribution in [0.25, 0.3) is 0 Å². The van der Waals surface area contributed by atoms with Crippen molar-refractivity contribution in [3.63, 3.8) is 0 Å². The Labute approximate surface area is 84.7 Å². The van der Waals surface area contributed by atoms with Gasteiger partial charge in [-0.2, -0.15) is 13.2 Å². The molecule has 0 aliphatic heterocycles. The summed E-state index contributed by atoms with van der Waals surface area (Å²) in [5.41, 5.74) is -1.28. The molecule has 0 heterocycles. The Kier molecular flexibility index (Phi) is 3.21. The number of halogens is 4. The van der Waals surface area contributed by atoms with Gasteiger partial charge in [-0.25, -0.2) is 4.39 Å². The van der Waals surface area contributed by atoms with Crippen molar-refractivity contribution in [2.75, 3.05) is 0 Å². The van der Waals surface area contributed by atoms with E-state index in [1.54, 1.807) is 13.8 Å². The van der Waals surface area contributed by atoms with Gasteiger partial charge >= 0.3 is 6.18 Å². The minimum Gasteiger partial charge on any atom is -0.491 e.